The maximum Gasteiger partial charge on any atom is 0.119 e. The summed E-state index contributed by atoms with van der Waals surface area (Å²) in [4.78, 5) is 4.87. The molecule has 0 bridgehead atoms. The molecule has 25 heavy (non-hydrogen) atoms. The number of benzene rings is 2. The number of ether oxygens (including phenoxy) is 1. The molecule has 1 aromatic heterocycles. The van der Waals surface area contributed by atoms with Gasteiger partial charge in [-0.05, 0) is 62.7 Å². The Kier molecular flexibility index (Phi) is 5.71. The molecule has 4 nitrogen and oxygen atoms in total. The van der Waals surface area contributed by atoms with Crippen molar-refractivity contribution in [2.24, 2.45) is 0 Å². The first-order valence-electron chi connectivity index (χ1n) is 8.98. The van der Waals surface area contributed by atoms with Crippen LogP contribution in [0.25, 0.3) is 11.0 Å². The fourth-order valence-electron chi connectivity index (χ4n) is 3.04. The standard InChI is InChI=1S/C21H27N3O/c1-16-14-19-20(15-17(16)2)24(21(23-19)10-11-22-3)12-7-13-25-18-8-5-4-6-9-18/h4-6,8-9,14-15,22H,7,10-13H2,1-3H3. The molecule has 2 aromatic carbocycles. The Morgan fingerprint density at radius 2 is 1.84 bits per heavy atom. The number of imidazole rings is 1. The zero-order valence-electron chi connectivity index (χ0n) is 15.4. The number of hydrogen-bond donors (Lipinski definition) is 1. The summed E-state index contributed by atoms with van der Waals surface area (Å²) in [5.41, 5.74) is 4.94. The highest BCUT2D eigenvalue weighted by atomic mass is 16.5. The molecular formula is C21H27N3O. The fraction of sp³-hybridized carbons (Fsp3) is 0.381. The van der Waals surface area contributed by atoms with Gasteiger partial charge in [-0.2, -0.15) is 0 Å². The van der Waals surface area contributed by atoms with Crippen LogP contribution in [-0.4, -0.2) is 29.8 Å². The van der Waals surface area contributed by atoms with Gasteiger partial charge in [-0.3, -0.25) is 0 Å². The van der Waals surface area contributed by atoms with Gasteiger partial charge in [0.25, 0.3) is 0 Å². The molecule has 0 amide bonds. The van der Waals surface area contributed by atoms with Crippen LogP contribution >= 0.6 is 0 Å². The van der Waals surface area contributed by atoms with Crippen LogP contribution in [-0.2, 0) is 13.0 Å². The topological polar surface area (TPSA) is 39.1 Å². The lowest BCUT2D eigenvalue weighted by Gasteiger charge is -2.11. The summed E-state index contributed by atoms with van der Waals surface area (Å²) < 4.78 is 8.19. The van der Waals surface area contributed by atoms with Crippen molar-refractivity contribution in [3.05, 3.63) is 59.4 Å². The summed E-state index contributed by atoms with van der Waals surface area (Å²) in [5, 5.41) is 3.22. The first-order chi connectivity index (χ1) is 12.2. The molecule has 3 aromatic rings. The number of fused-ring (bicyclic) bond motifs is 1. The maximum atomic E-state index is 5.83. The van der Waals surface area contributed by atoms with E-state index in [-0.39, 0.29) is 0 Å². The van der Waals surface area contributed by atoms with E-state index < -0.39 is 0 Å². The van der Waals surface area contributed by atoms with E-state index in [1.165, 1.54) is 16.6 Å². The van der Waals surface area contributed by atoms with Crippen LogP contribution in [0.1, 0.15) is 23.4 Å². The zero-order chi connectivity index (χ0) is 17.6. The van der Waals surface area contributed by atoms with E-state index in [9.17, 15) is 0 Å². The summed E-state index contributed by atoms with van der Waals surface area (Å²) in [6, 6.07) is 14.5. The predicted molar refractivity (Wildman–Crippen MR) is 103 cm³/mol. The molecule has 0 aliphatic rings. The number of likely N-dealkylation sites (N-methyl/N-ethyl adjacent to an activating group) is 1. The lowest BCUT2D eigenvalue weighted by molar-refractivity contribution is 0.302. The fourth-order valence-corrected chi connectivity index (χ4v) is 3.04. The van der Waals surface area contributed by atoms with Crippen molar-refractivity contribution >= 4 is 11.0 Å². The van der Waals surface area contributed by atoms with Crippen molar-refractivity contribution in [3.63, 3.8) is 0 Å². The quantitative estimate of drug-likeness (QED) is 0.634. The van der Waals surface area contributed by atoms with Gasteiger partial charge >= 0.3 is 0 Å². The lowest BCUT2D eigenvalue weighted by atomic mass is 10.1. The second kappa shape index (κ2) is 8.17. The highest BCUT2D eigenvalue weighted by Crippen LogP contribution is 2.21. The third-order valence-electron chi connectivity index (χ3n) is 4.58. The molecule has 0 atom stereocenters. The third kappa shape index (κ3) is 4.20. The van der Waals surface area contributed by atoms with Gasteiger partial charge in [0.05, 0.1) is 17.6 Å². The Morgan fingerprint density at radius 3 is 2.60 bits per heavy atom. The van der Waals surface area contributed by atoms with Gasteiger partial charge in [-0.1, -0.05) is 18.2 Å². The minimum atomic E-state index is 0.708. The van der Waals surface area contributed by atoms with Crippen LogP contribution in [0.4, 0.5) is 0 Å². The van der Waals surface area contributed by atoms with E-state index >= 15 is 0 Å². The molecule has 1 N–H and O–H groups in total. The average molecular weight is 337 g/mol. The lowest BCUT2D eigenvalue weighted by Crippen LogP contribution is -2.15. The van der Waals surface area contributed by atoms with Crippen molar-refractivity contribution in [2.75, 3.05) is 20.2 Å². The summed E-state index contributed by atoms with van der Waals surface area (Å²) in [7, 11) is 1.98. The van der Waals surface area contributed by atoms with Crippen molar-refractivity contribution < 1.29 is 4.74 Å². The predicted octanol–water partition coefficient (Wildman–Crippen LogP) is 3.88. The summed E-state index contributed by atoms with van der Waals surface area (Å²) >= 11 is 0. The van der Waals surface area contributed by atoms with Crippen molar-refractivity contribution in [1.82, 2.24) is 14.9 Å². The summed E-state index contributed by atoms with van der Waals surface area (Å²) in [6.07, 6.45) is 1.89. The van der Waals surface area contributed by atoms with E-state index in [2.05, 4.69) is 35.9 Å². The molecule has 0 unspecified atom stereocenters. The van der Waals surface area contributed by atoms with E-state index in [1.807, 2.05) is 37.4 Å². The Balaban J connectivity index is 1.74. The van der Waals surface area contributed by atoms with Crippen LogP contribution in [0.2, 0.25) is 0 Å². The van der Waals surface area contributed by atoms with E-state index in [0.29, 0.717) is 6.61 Å². The number of para-hydroxylation sites is 1. The largest absolute Gasteiger partial charge is 0.494 e. The third-order valence-corrected chi connectivity index (χ3v) is 4.58. The molecule has 4 heteroatoms. The van der Waals surface area contributed by atoms with E-state index in [1.54, 1.807) is 0 Å². The number of nitrogens with zero attached hydrogens (tertiary/aromatic N) is 2. The van der Waals surface area contributed by atoms with Gasteiger partial charge < -0.3 is 14.6 Å². The highest BCUT2D eigenvalue weighted by Gasteiger charge is 2.11. The second-order valence-corrected chi connectivity index (χ2v) is 6.47. The molecule has 0 aliphatic heterocycles. The monoisotopic (exact) mass is 337 g/mol. The second-order valence-electron chi connectivity index (χ2n) is 6.47. The Morgan fingerprint density at radius 1 is 1.08 bits per heavy atom. The molecule has 0 fully saturated rings. The van der Waals surface area contributed by atoms with Gasteiger partial charge in [0.15, 0.2) is 0 Å². The average Bonchev–Trinajstić information content (AvgIpc) is 2.95. The Hall–Kier alpha value is -2.33. The molecule has 0 saturated carbocycles. The van der Waals surface area contributed by atoms with Crippen LogP contribution in [0, 0.1) is 13.8 Å². The molecular weight excluding hydrogens is 310 g/mol. The molecule has 0 saturated heterocycles. The first kappa shape index (κ1) is 17.5. The minimum absolute atomic E-state index is 0.708. The van der Waals surface area contributed by atoms with Gasteiger partial charge in [0, 0.05) is 19.5 Å². The number of rotatable bonds is 8. The van der Waals surface area contributed by atoms with Crippen LogP contribution in [0.15, 0.2) is 42.5 Å². The SMILES string of the molecule is CNCCc1nc2cc(C)c(C)cc2n1CCCOc1ccccc1. The van der Waals surface area contributed by atoms with Crippen LogP contribution < -0.4 is 10.1 Å². The van der Waals surface area contributed by atoms with Crippen LogP contribution in [0.3, 0.4) is 0 Å². The van der Waals surface area contributed by atoms with Gasteiger partial charge in [-0.25, -0.2) is 4.98 Å². The normalized spacial score (nSPS) is 11.2. The number of aromatic nitrogens is 2. The summed E-state index contributed by atoms with van der Waals surface area (Å²) in [6.45, 7) is 6.87. The summed E-state index contributed by atoms with van der Waals surface area (Å²) in [5.74, 6) is 2.08. The number of hydrogen-bond acceptors (Lipinski definition) is 3. The molecule has 0 radical (unpaired) electrons. The van der Waals surface area contributed by atoms with Crippen molar-refractivity contribution in [1.29, 1.82) is 0 Å². The maximum absolute atomic E-state index is 5.83. The van der Waals surface area contributed by atoms with Crippen LogP contribution in [0.5, 0.6) is 5.75 Å². The van der Waals surface area contributed by atoms with Gasteiger partial charge in [-0.15, -0.1) is 0 Å². The highest BCUT2D eigenvalue weighted by molar-refractivity contribution is 5.78. The Labute approximate surface area is 149 Å². The smallest absolute Gasteiger partial charge is 0.119 e. The Bertz CT molecular complexity index is 824. The van der Waals surface area contributed by atoms with Crippen molar-refractivity contribution in [3.8, 4) is 5.75 Å². The number of nitrogens with one attached hydrogen (secondary N) is 1. The zero-order valence-corrected chi connectivity index (χ0v) is 15.4. The van der Waals surface area contributed by atoms with E-state index in [4.69, 9.17) is 9.72 Å². The van der Waals surface area contributed by atoms with Gasteiger partial charge in [0.2, 0.25) is 0 Å². The molecule has 0 spiro atoms. The minimum Gasteiger partial charge on any atom is -0.494 e. The molecule has 0 aliphatic carbocycles. The number of aryl methyl sites for hydroxylation is 3. The first-order valence-corrected chi connectivity index (χ1v) is 8.98. The molecule has 1 heterocycles. The van der Waals surface area contributed by atoms with Gasteiger partial charge in [0.1, 0.15) is 11.6 Å². The molecule has 3 rings (SSSR count). The van der Waals surface area contributed by atoms with Crippen molar-refractivity contribution in [2.45, 2.75) is 33.2 Å². The molecule has 132 valence electrons. The van der Waals surface area contributed by atoms with E-state index in [0.717, 1.165) is 43.0 Å².